The maximum atomic E-state index is 3.83. The molecule has 86 valence electrons. The number of hydrogen-bond acceptors (Lipinski definition) is 0. The average Bonchev–Trinajstić information content (AvgIpc) is 2.75. The SMILES string of the molecule is C=C(C)C[c-]1cccc1.[Fe].[cH-]1[cH-][cH-][cH-][cH-]1. The summed E-state index contributed by atoms with van der Waals surface area (Å²) in [5.74, 6) is 0. The van der Waals surface area contributed by atoms with Crippen LogP contribution in [0.1, 0.15) is 12.5 Å². The van der Waals surface area contributed by atoms with E-state index < -0.39 is 0 Å². The molecule has 0 nitrogen and oxygen atoms in total. The second kappa shape index (κ2) is 8.28. The predicted octanol–water partition coefficient (Wildman–Crippen LogP) is 3.93. The maximum absolute atomic E-state index is 3.83. The number of hydrogen-bond donors (Lipinski definition) is 0. The van der Waals surface area contributed by atoms with Gasteiger partial charge in [0.15, 0.2) is 0 Å². The molecular weight excluding hydrogens is 224 g/mol. The van der Waals surface area contributed by atoms with Gasteiger partial charge < -0.3 is 30.3 Å². The minimum absolute atomic E-state index is 0. The van der Waals surface area contributed by atoms with Gasteiger partial charge in [-0.25, -0.2) is 12.1 Å². The van der Waals surface area contributed by atoms with Crippen molar-refractivity contribution >= 4 is 0 Å². The van der Waals surface area contributed by atoms with E-state index in [1.54, 1.807) is 0 Å². The molecule has 2 aromatic carbocycles. The molecule has 0 saturated heterocycles. The fourth-order valence-electron chi connectivity index (χ4n) is 1.20. The molecule has 0 heterocycles. The summed E-state index contributed by atoms with van der Waals surface area (Å²) in [6.07, 6.45) is 1.02. The van der Waals surface area contributed by atoms with Crippen molar-refractivity contribution in [2.75, 3.05) is 0 Å². The van der Waals surface area contributed by atoms with Crippen molar-refractivity contribution in [3.05, 3.63) is 72.3 Å². The monoisotopic (exact) mass is 240 g/mol. The molecule has 0 fully saturated rings. The van der Waals surface area contributed by atoms with Gasteiger partial charge in [0.2, 0.25) is 0 Å². The van der Waals surface area contributed by atoms with Crippen LogP contribution in [-0.4, -0.2) is 0 Å². The van der Waals surface area contributed by atoms with Crippen LogP contribution in [0.15, 0.2) is 66.7 Å². The summed E-state index contributed by atoms with van der Waals surface area (Å²) in [5.41, 5.74) is 2.59. The van der Waals surface area contributed by atoms with Gasteiger partial charge in [-0.05, 0) is 6.92 Å². The molecule has 0 radical (unpaired) electrons. The number of rotatable bonds is 2. The van der Waals surface area contributed by atoms with Crippen LogP contribution in [0.3, 0.4) is 0 Å². The predicted molar refractivity (Wildman–Crippen MR) is 62.6 cm³/mol. The molecule has 0 aliphatic rings. The van der Waals surface area contributed by atoms with Crippen LogP contribution < -0.4 is 0 Å². The largest absolute Gasteiger partial charge is 0.748 e. The Morgan fingerprint density at radius 1 is 1.07 bits per heavy atom. The molecule has 0 atom stereocenters. The van der Waals surface area contributed by atoms with E-state index in [0.29, 0.717) is 0 Å². The third-order valence-electron chi connectivity index (χ3n) is 1.79. The van der Waals surface area contributed by atoms with Crippen LogP contribution in [0.2, 0.25) is 0 Å². The Morgan fingerprint density at radius 2 is 1.47 bits per heavy atom. The molecule has 15 heavy (non-hydrogen) atoms. The zero-order valence-corrected chi connectivity index (χ0v) is 10.1. The second-order valence-corrected chi connectivity index (χ2v) is 3.39. The van der Waals surface area contributed by atoms with Crippen molar-refractivity contribution in [2.45, 2.75) is 13.3 Å². The smallest absolute Gasteiger partial charge is 0 e. The van der Waals surface area contributed by atoms with E-state index in [2.05, 4.69) is 30.8 Å². The Balaban J connectivity index is 0.000000280. The van der Waals surface area contributed by atoms with Gasteiger partial charge in [-0.1, -0.05) is 12.0 Å². The Bertz CT molecular complexity index is 310. The number of allylic oxidation sites excluding steroid dienone is 1. The minimum atomic E-state index is 0. The molecule has 0 N–H and O–H groups in total. The zero-order valence-electron chi connectivity index (χ0n) is 8.96. The van der Waals surface area contributed by atoms with Crippen molar-refractivity contribution < 1.29 is 17.1 Å². The standard InChI is InChI=1S/C9H11.C5H5.Fe/c1-8(2)7-9-5-3-4-6-9;1-2-4-5-3-1;/h3-6H,1,7H2,2H3;1-5H;/q-1;-5;. The molecule has 0 aliphatic heterocycles. The topological polar surface area (TPSA) is 0 Å². The van der Waals surface area contributed by atoms with Crippen molar-refractivity contribution in [1.82, 2.24) is 0 Å². The van der Waals surface area contributed by atoms with E-state index in [-0.39, 0.29) is 17.1 Å². The first kappa shape index (κ1) is 14.0. The van der Waals surface area contributed by atoms with Crippen LogP contribution in [0.25, 0.3) is 0 Å². The summed E-state index contributed by atoms with van der Waals surface area (Å²) in [6.45, 7) is 5.88. The van der Waals surface area contributed by atoms with E-state index >= 15 is 0 Å². The van der Waals surface area contributed by atoms with E-state index in [0.717, 1.165) is 6.42 Å². The third-order valence-corrected chi connectivity index (χ3v) is 1.79. The van der Waals surface area contributed by atoms with E-state index in [1.807, 2.05) is 37.3 Å². The summed E-state index contributed by atoms with van der Waals surface area (Å²) < 4.78 is 0. The van der Waals surface area contributed by atoms with Crippen LogP contribution in [0, 0.1) is 0 Å². The van der Waals surface area contributed by atoms with Crippen molar-refractivity contribution in [2.24, 2.45) is 0 Å². The Kier molecular flexibility index (Phi) is 7.71. The summed E-state index contributed by atoms with van der Waals surface area (Å²) in [6, 6.07) is 18.3. The fraction of sp³-hybridized carbons (Fsp3) is 0.143. The van der Waals surface area contributed by atoms with Crippen LogP contribution >= 0.6 is 0 Å². The van der Waals surface area contributed by atoms with Crippen LogP contribution in [0.5, 0.6) is 0 Å². The fourth-order valence-corrected chi connectivity index (χ4v) is 1.20. The summed E-state index contributed by atoms with van der Waals surface area (Å²) in [7, 11) is 0. The second-order valence-electron chi connectivity index (χ2n) is 3.39. The first-order valence-electron chi connectivity index (χ1n) is 4.80. The van der Waals surface area contributed by atoms with Gasteiger partial charge in [0.25, 0.3) is 0 Å². The van der Waals surface area contributed by atoms with E-state index in [1.165, 1.54) is 11.1 Å². The molecule has 0 saturated carbocycles. The minimum Gasteiger partial charge on any atom is -0.748 e. The quantitative estimate of drug-likeness (QED) is 0.424. The summed E-state index contributed by atoms with van der Waals surface area (Å²) in [5, 5.41) is 0. The molecule has 0 unspecified atom stereocenters. The first-order chi connectivity index (χ1) is 6.79. The molecule has 0 bridgehead atoms. The molecule has 2 rings (SSSR count). The van der Waals surface area contributed by atoms with Crippen molar-refractivity contribution in [3.63, 3.8) is 0 Å². The molecule has 1 heteroatoms. The molecule has 2 aromatic rings. The molecule has 0 aliphatic carbocycles. The molecule has 0 aromatic heterocycles. The maximum Gasteiger partial charge on any atom is 0 e. The van der Waals surface area contributed by atoms with Gasteiger partial charge in [-0.3, -0.25) is 0 Å². The van der Waals surface area contributed by atoms with Gasteiger partial charge >= 0.3 is 0 Å². The summed E-state index contributed by atoms with van der Waals surface area (Å²) in [4.78, 5) is 0. The Hall–Kier alpha value is -1.04. The first-order valence-corrected chi connectivity index (χ1v) is 4.80. The Morgan fingerprint density at radius 3 is 1.80 bits per heavy atom. The van der Waals surface area contributed by atoms with Gasteiger partial charge in [0, 0.05) is 17.1 Å². The normalized spacial score (nSPS) is 8.33. The van der Waals surface area contributed by atoms with Crippen LogP contribution in [0.4, 0.5) is 0 Å². The molecule has 0 amide bonds. The van der Waals surface area contributed by atoms with E-state index in [9.17, 15) is 0 Å². The van der Waals surface area contributed by atoms with Gasteiger partial charge in [-0.15, -0.1) is 6.58 Å². The van der Waals surface area contributed by atoms with Gasteiger partial charge in [0.1, 0.15) is 0 Å². The van der Waals surface area contributed by atoms with Gasteiger partial charge in [0.05, 0.1) is 0 Å². The van der Waals surface area contributed by atoms with Crippen LogP contribution in [-0.2, 0) is 23.5 Å². The Labute approximate surface area is 103 Å². The summed E-state index contributed by atoms with van der Waals surface area (Å²) >= 11 is 0. The molecule has 0 spiro atoms. The van der Waals surface area contributed by atoms with Crippen molar-refractivity contribution in [3.8, 4) is 0 Å². The zero-order chi connectivity index (χ0) is 10.2. The molecular formula is C14H16Fe-6. The van der Waals surface area contributed by atoms with Gasteiger partial charge in [-0.2, -0.15) is 17.7 Å². The van der Waals surface area contributed by atoms with E-state index in [4.69, 9.17) is 0 Å². The third kappa shape index (κ3) is 6.96. The average molecular weight is 240 g/mol. The van der Waals surface area contributed by atoms with Crippen molar-refractivity contribution in [1.29, 1.82) is 0 Å².